The minimum Gasteiger partial charge on any atom is -0.497 e. The first-order valence-electron chi connectivity index (χ1n) is 8.47. The van der Waals surface area contributed by atoms with E-state index in [4.69, 9.17) is 4.74 Å². The second-order valence-electron chi connectivity index (χ2n) is 6.07. The number of ether oxygens (including phenoxy) is 1. The number of aromatic nitrogens is 4. The van der Waals surface area contributed by atoms with Crippen molar-refractivity contribution in [1.29, 1.82) is 0 Å². The lowest BCUT2D eigenvalue weighted by Gasteiger charge is -2.08. The van der Waals surface area contributed by atoms with Gasteiger partial charge in [0, 0.05) is 16.1 Å². The fraction of sp³-hybridized carbons (Fsp3) is 0.100. The fourth-order valence-electron chi connectivity index (χ4n) is 2.92. The van der Waals surface area contributed by atoms with Crippen LogP contribution in [0.4, 0.5) is 5.82 Å². The van der Waals surface area contributed by atoms with Crippen molar-refractivity contribution in [3.63, 3.8) is 0 Å². The number of nitrogens with zero attached hydrogens (tertiary/aromatic N) is 4. The molecule has 0 unspecified atom stereocenters. The molecule has 0 saturated heterocycles. The van der Waals surface area contributed by atoms with Crippen LogP contribution in [0, 0.1) is 6.92 Å². The third kappa shape index (κ3) is 3.46. The zero-order chi connectivity index (χ0) is 19.7. The lowest BCUT2D eigenvalue weighted by atomic mass is 10.2. The Bertz CT molecular complexity index is 1170. The van der Waals surface area contributed by atoms with Crippen molar-refractivity contribution in [2.45, 2.75) is 6.92 Å². The molecule has 2 aromatic carbocycles. The van der Waals surface area contributed by atoms with Gasteiger partial charge in [-0.15, -0.1) is 0 Å². The Morgan fingerprint density at radius 1 is 1.14 bits per heavy atom. The zero-order valence-corrected chi connectivity index (χ0v) is 16.8. The van der Waals surface area contributed by atoms with Crippen molar-refractivity contribution < 1.29 is 9.53 Å². The van der Waals surface area contributed by atoms with E-state index in [9.17, 15) is 4.79 Å². The van der Waals surface area contributed by atoms with Gasteiger partial charge in [-0.3, -0.25) is 9.36 Å². The van der Waals surface area contributed by atoms with Crippen LogP contribution in [0.15, 0.2) is 59.3 Å². The summed E-state index contributed by atoms with van der Waals surface area (Å²) in [5.74, 6) is 2.26. The van der Waals surface area contributed by atoms with E-state index >= 15 is 0 Å². The first-order valence-corrected chi connectivity index (χ1v) is 9.27. The van der Waals surface area contributed by atoms with Gasteiger partial charge in [0.05, 0.1) is 30.5 Å². The number of carbonyl (C=O) groups excluding carboxylic acids is 1. The summed E-state index contributed by atoms with van der Waals surface area (Å²) in [6.07, 6.45) is 3.13. The highest BCUT2D eigenvalue weighted by atomic mass is 79.9. The molecule has 28 heavy (non-hydrogen) atoms. The maximum atomic E-state index is 12.3. The second kappa shape index (κ2) is 7.40. The summed E-state index contributed by atoms with van der Waals surface area (Å²) in [6.45, 7) is 1.90. The first kappa shape index (κ1) is 18.1. The van der Waals surface area contributed by atoms with Crippen LogP contribution in [-0.4, -0.2) is 32.5 Å². The molecule has 0 bridgehead atoms. The lowest BCUT2D eigenvalue weighted by molar-refractivity contribution is 0.102. The molecular weight excluding hydrogens is 422 g/mol. The molecular formula is C20H16BrN5O2. The molecule has 0 atom stereocenters. The Labute approximate surface area is 169 Å². The van der Waals surface area contributed by atoms with Crippen molar-refractivity contribution in [2.75, 3.05) is 12.4 Å². The van der Waals surface area contributed by atoms with Gasteiger partial charge in [-0.2, -0.15) is 0 Å². The van der Waals surface area contributed by atoms with Crippen molar-refractivity contribution in [3.8, 4) is 11.6 Å². The van der Waals surface area contributed by atoms with Crippen molar-refractivity contribution in [2.24, 2.45) is 0 Å². The molecule has 140 valence electrons. The summed E-state index contributed by atoms with van der Waals surface area (Å²) in [6, 6.07) is 12.8. The Morgan fingerprint density at radius 2 is 2.00 bits per heavy atom. The average molecular weight is 438 g/mol. The summed E-state index contributed by atoms with van der Waals surface area (Å²) >= 11 is 3.36. The van der Waals surface area contributed by atoms with Crippen LogP contribution in [0.5, 0.6) is 5.75 Å². The van der Waals surface area contributed by atoms with Crippen LogP contribution in [0.2, 0.25) is 0 Å². The number of imidazole rings is 1. The van der Waals surface area contributed by atoms with Gasteiger partial charge >= 0.3 is 0 Å². The highest BCUT2D eigenvalue weighted by molar-refractivity contribution is 9.10. The molecule has 0 aliphatic carbocycles. The first-order chi connectivity index (χ1) is 13.5. The SMILES string of the molecule is COc1ccc2c(c1)nc(C)n2-c1cnc(NC(=O)c2cccc(Br)c2)cn1. The highest BCUT2D eigenvalue weighted by Crippen LogP contribution is 2.24. The fourth-order valence-corrected chi connectivity index (χ4v) is 3.32. The number of hydrogen-bond acceptors (Lipinski definition) is 5. The number of nitrogens with one attached hydrogen (secondary N) is 1. The van der Waals surface area contributed by atoms with Crippen LogP contribution in [-0.2, 0) is 0 Å². The van der Waals surface area contributed by atoms with Gasteiger partial charge < -0.3 is 10.1 Å². The Kier molecular flexibility index (Phi) is 4.79. The van der Waals surface area contributed by atoms with Crippen LogP contribution < -0.4 is 10.1 Å². The maximum Gasteiger partial charge on any atom is 0.256 e. The zero-order valence-electron chi connectivity index (χ0n) is 15.2. The molecule has 0 fully saturated rings. The average Bonchev–Trinajstić information content (AvgIpc) is 3.03. The molecule has 0 spiro atoms. The van der Waals surface area contributed by atoms with Gasteiger partial charge in [0.25, 0.3) is 5.91 Å². The molecule has 0 aliphatic rings. The van der Waals surface area contributed by atoms with Crippen LogP contribution in [0.25, 0.3) is 16.9 Å². The van der Waals surface area contributed by atoms with Gasteiger partial charge in [-0.1, -0.05) is 22.0 Å². The number of carbonyl (C=O) groups is 1. The summed E-state index contributed by atoms with van der Waals surface area (Å²) in [4.78, 5) is 25.7. The van der Waals surface area contributed by atoms with E-state index in [2.05, 4.69) is 36.2 Å². The summed E-state index contributed by atoms with van der Waals surface area (Å²) in [7, 11) is 1.62. The third-order valence-corrected chi connectivity index (χ3v) is 4.72. The number of methoxy groups -OCH3 is 1. The largest absolute Gasteiger partial charge is 0.497 e. The normalized spacial score (nSPS) is 10.8. The van der Waals surface area contributed by atoms with Gasteiger partial charge in [0.15, 0.2) is 11.6 Å². The molecule has 0 aliphatic heterocycles. The molecule has 7 nitrogen and oxygen atoms in total. The molecule has 4 aromatic rings. The number of aryl methyl sites for hydroxylation is 1. The van der Waals surface area contributed by atoms with Crippen LogP contribution in [0.3, 0.4) is 0 Å². The topological polar surface area (TPSA) is 81.9 Å². The van der Waals surface area contributed by atoms with Crippen molar-refractivity contribution in [3.05, 3.63) is 70.7 Å². The predicted octanol–water partition coefficient (Wildman–Crippen LogP) is 4.15. The molecule has 2 aromatic heterocycles. The monoisotopic (exact) mass is 437 g/mol. The Hall–Kier alpha value is -3.26. The number of benzene rings is 2. The van der Waals surface area contributed by atoms with E-state index in [1.54, 1.807) is 31.5 Å². The van der Waals surface area contributed by atoms with Gasteiger partial charge in [-0.25, -0.2) is 15.0 Å². The molecule has 2 heterocycles. The number of halogens is 1. The smallest absolute Gasteiger partial charge is 0.256 e. The van der Waals surface area contributed by atoms with E-state index in [1.807, 2.05) is 35.8 Å². The Morgan fingerprint density at radius 3 is 2.71 bits per heavy atom. The summed E-state index contributed by atoms with van der Waals surface area (Å²) < 4.78 is 7.99. The van der Waals surface area contributed by atoms with E-state index < -0.39 is 0 Å². The highest BCUT2D eigenvalue weighted by Gasteiger charge is 2.13. The minimum absolute atomic E-state index is 0.250. The molecule has 1 N–H and O–H groups in total. The third-order valence-electron chi connectivity index (χ3n) is 4.23. The number of hydrogen-bond donors (Lipinski definition) is 1. The van der Waals surface area contributed by atoms with Gasteiger partial charge in [0.2, 0.25) is 0 Å². The van der Waals surface area contributed by atoms with Crippen LogP contribution >= 0.6 is 15.9 Å². The molecule has 1 amide bonds. The van der Waals surface area contributed by atoms with Crippen molar-refractivity contribution in [1.82, 2.24) is 19.5 Å². The van der Waals surface area contributed by atoms with Crippen molar-refractivity contribution >= 4 is 38.7 Å². The van der Waals surface area contributed by atoms with E-state index in [0.29, 0.717) is 17.2 Å². The Balaban J connectivity index is 1.61. The van der Waals surface area contributed by atoms with Gasteiger partial charge in [0.1, 0.15) is 11.6 Å². The predicted molar refractivity (Wildman–Crippen MR) is 110 cm³/mol. The molecule has 8 heteroatoms. The quantitative estimate of drug-likeness (QED) is 0.518. The number of fused-ring (bicyclic) bond motifs is 1. The molecule has 0 saturated carbocycles. The second-order valence-corrected chi connectivity index (χ2v) is 6.99. The lowest BCUT2D eigenvalue weighted by Crippen LogP contribution is -2.13. The maximum absolute atomic E-state index is 12.3. The number of rotatable bonds is 4. The number of anilines is 1. The minimum atomic E-state index is -0.250. The van der Waals surface area contributed by atoms with Gasteiger partial charge in [-0.05, 0) is 37.3 Å². The molecule has 0 radical (unpaired) electrons. The standard InChI is InChI=1S/C20H16BrN5O2/c1-12-24-16-9-15(28-2)6-7-17(16)26(12)19-11-22-18(10-23-19)25-20(27)13-4-3-5-14(21)8-13/h3-11H,1-2H3,(H,22,25,27). The summed E-state index contributed by atoms with van der Waals surface area (Å²) in [5.41, 5.74) is 2.25. The van der Waals surface area contributed by atoms with E-state index in [1.165, 1.54) is 6.20 Å². The summed E-state index contributed by atoms with van der Waals surface area (Å²) in [5, 5.41) is 2.75. The molecule has 4 rings (SSSR count). The van der Waals surface area contributed by atoms with Crippen LogP contribution in [0.1, 0.15) is 16.2 Å². The van der Waals surface area contributed by atoms with E-state index in [-0.39, 0.29) is 5.91 Å². The van der Waals surface area contributed by atoms with E-state index in [0.717, 1.165) is 27.1 Å². The number of amides is 1.